The molecule has 162 valence electrons. The molecular formula is C25H21ClN2O4. The number of amides is 3. The lowest BCUT2D eigenvalue weighted by atomic mass is 10.1. The second-order valence-electron chi connectivity index (χ2n) is 7.20. The van der Waals surface area contributed by atoms with Gasteiger partial charge < -0.3 is 9.64 Å². The predicted octanol–water partition coefficient (Wildman–Crippen LogP) is 4.68. The Bertz CT molecular complexity index is 1140. The minimum atomic E-state index is -0.354. The van der Waals surface area contributed by atoms with Crippen molar-refractivity contribution in [3.8, 4) is 5.75 Å². The standard InChI is InChI=1S/C25H21ClN2O4/c1-2-32-20-7-5-6-19(16-20)27(23(29)17-10-12-18(26)13-11-17)14-15-28-24(30)21-8-3-4-9-22(21)25(28)31/h3-13,16H,2,14-15H2,1H3. The van der Waals surface area contributed by atoms with Gasteiger partial charge in [-0.05, 0) is 55.5 Å². The van der Waals surface area contributed by atoms with Gasteiger partial charge in [-0.1, -0.05) is 29.8 Å². The molecule has 3 amide bonds. The molecule has 0 aliphatic carbocycles. The van der Waals surface area contributed by atoms with Gasteiger partial charge in [-0.15, -0.1) is 0 Å². The molecule has 0 N–H and O–H groups in total. The molecule has 0 atom stereocenters. The van der Waals surface area contributed by atoms with Crippen LogP contribution in [0.25, 0.3) is 0 Å². The number of anilines is 1. The molecule has 0 bridgehead atoms. The number of hydrogen-bond donors (Lipinski definition) is 0. The van der Waals surface area contributed by atoms with Crippen molar-refractivity contribution in [2.45, 2.75) is 6.92 Å². The lowest BCUT2D eigenvalue weighted by molar-refractivity contribution is 0.0654. The number of imide groups is 1. The van der Waals surface area contributed by atoms with Crippen molar-refractivity contribution < 1.29 is 19.1 Å². The number of rotatable bonds is 7. The molecule has 1 aliphatic rings. The van der Waals surface area contributed by atoms with Gasteiger partial charge in [0.1, 0.15) is 5.75 Å². The van der Waals surface area contributed by atoms with Crippen molar-refractivity contribution in [2.75, 3.05) is 24.6 Å². The zero-order valence-corrected chi connectivity index (χ0v) is 18.2. The minimum absolute atomic E-state index is 0.0601. The molecule has 3 aromatic carbocycles. The maximum atomic E-state index is 13.4. The van der Waals surface area contributed by atoms with E-state index in [0.29, 0.717) is 39.8 Å². The molecule has 0 spiro atoms. The van der Waals surface area contributed by atoms with E-state index in [4.69, 9.17) is 16.3 Å². The highest BCUT2D eigenvalue weighted by molar-refractivity contribution is 6.30. The van der Waals surface area contributed by atoms with Gasteiger partial charge >= 0.3 is 0 Å². The Kier molecular flexibility index (Phi) is 6.23. The Morgan fingerprint density at radius 3 is 2.22 bits per heavy atom. The van der Waals surface area contributed by atoms with Crippen LogP contribution in [-0.4, -0.2) is 42.3 Å². The first-order valence-corrected chi connectivity index (χ1v) is 10.6. The zero-order valence-electron chi connectivity index (χ0n) is 17.5. The van der Waals surface area contributed by atoms with Crippen LogP contribution >= 0.6 is 11.6 Å². The van der Waals surface area contributed by atoms with E-state index in [-0.39, 0.29) is 30.8 Å². The lowest BCUT2D eigenvalue weighted by Gasteiger charge is -2.25. The Morgan fingerprint density at radius 1 is 0.938 bits per heavy atom. The Hall–Kier alpha value is -3.64. The third-order valence-corrected chi connectivity index (χ3v) is 5.45. The molecule has 32 heavy (non-hydrogen) atoms. The first-order valence-electron chi connectivity index (χ1n) is 10.2. The number of carbonyl (C=O) groups is 3. The van der Waals surface area contributed by atoms with E-state index in [1.165, 1.54) is 9.80 Å². The topological polar surface area (TPSA) is 66.9 Å². The van der Waals surface area contributed by atoms with Gasteiger partial charge in [0.25, 0.3) is 17.7 Å². The van der Waals surface area contributed by atoms with Crippen LogP contribution in [0.2, 0.25) is 5.02 Å². The average molecular weight is 449 g/mol. The summed E-state index contributed by atoms with van der Waals surface area (Å²) in [4.78, 5) is 41.6. The Balaban J connectivity index is 1.62. The molecule has 4 rings (SSSR count). The number of hydrogen-bond acceptors (Lipinski definition) is 4. The van der Waals surface area contributed by atoms with E-state index < -0.39 is 0 Å². The maximum absolute atomic E-state index is 13.4. The summed E-state index contributed by atoms with van der Waals surface area (Å²) in [6, 6.07) is 20.5. The molecule has 0 saturated carbocycles. The summed E-state index contributed by atoms with van der Waals surface area (Å²) >= 11 is 5.97. The Morgan fingerprint density at radius 2 is 1.59 bits per heavy atom. The Labute approximate surface area is 191 Å². The molecule has 1 heterocycles. The van der Waals surface area contributed by atoms with Crippen LogP contribution in [0.5, 0.6) is 5.75 Å². The third kappa shape index (κ3) is 4.22. The highest BCUT2D eigenvalue weighted by atomic mass is 35.5. The summed E-state index contributed by atoms with van der Waals surface area (Å²) in [5.41, 5.74) is 1.81. The number of nitrogens with zero attached hydrogens (tertiary/aromatic N) is 2. The average Bonchev–Trinajstić information content (AvgIpc) is 3.05. The van der Waals surface area contributed by atoms with Gasteiger partial charge in [0.05, 0.1) is 17.7 Å². The van der Waals surface area contributed by atoms with Crippen LogP contribution < -0.4 is 9.64 Å². The highest BCUT2D eigenvalue weighted by Crippen LogP contribution is 2.26. The van der Waals surface area contributed by atoms with Crippen molar-refractivity contribution >= 4 is 35.0 Å². The van der Waals surface area contributed by atoms with E-state index >= 15 is 0 Å². The van der Waals surface area contributed by atoms with Crippen LogP contribution in [0.1, 0.15) is 38.0 Å². The number of fused-ring (bicyclic) bond motifs is 1. The van der Waals surface area contributed by atoms with E-state index in [9.17, 15) is 14.4 Å². The summed E-state index contributed by atoms with van der Waals surface area (Å²) in [5.74, 6) is -0.355. The molecule has 7 heteroatoms. The number of halogens is 1. The molecule has 3 aromatic rings. The molecule has 0 radical (unpaired) electrons. The summed E-state index contributed by atoms with van der Waals surface area (Å²) in [7, 11) is 0. The fourth-order valence-electron chi connectivity index (χ4n) is 3.65. The summed E-state index contributed by atoms with van der Waals surface area (Å²) in [5, 5.41) is 0.525. The van der Waals surface area contributed by atoms with Crippen molar-refractivity contribution in [1.82, 2.24) is 4.90 Å². The fraction of sp³-hybridized carbons (Fsp3) is 0.160. The first kappa shape index (κ1) is 21.6. The van der Waals surface area contributed by atoms with E-state index in [2.05, 4.69) is 0 Å². The van der Waals surface area contributed by atoms with Gasteiger partial charge in [-0.2, -0.15) is 0 Å². The third-order valence-electron chi connectivity index (χ3n) is 5.20. The number of benzene rings is 3. The van der Waals surface area contributed by atoms with Crippen molar-refractivity contribution in [3.05, 3.63) is 94.5 Å². The molecule has 6 nitrogen and oxygen atoms in total. The van der Waals surface area contributed by atoms with Crippen LogP contribution in [0.3, 0.4) is 0 Å². The van der Waals surface area contributed by atoms with Crippen LogP contribution in [-0.2, 0) is 0 Å². The summed E-state index contributed by atoms with van der Waals surface area (Å²) in [6.45, 7) is 2.56. The largest absolute Gasteiger partial charge is 0.494 e. The van der Waals surface area contributed by atoms with E-state index in [1.807, 2.05) is 13.0 Å². The quantitative estimate of drug-likeness (QED) is 0.492. The van der Waals surface area contributed by atoms with Crippen molar-refractivity contribution in [3.63, 3.8) is 0 Å². The molecule has 0 saturated heterocycles. The smallest absolute Gasteiger partial charge is 0.261 e. The molecule has 0 aromatic heterocycles. The monoisotopic (exact) mass is 448 g/mol. The normalized spacial score (nSPS) is 12.6. The molecule has 0 fully saturated rings. The lowest BCUT2D eigenvalue weighted by Crippen LogP contribution is -2.41. The van der Waals surface area contributed by atoms with E-state index in [1.54, 1.807) is 66.7 Å². The molecule has 0 unspecified atom stereocenters. The summed E-state index contributed by atoms with van der Waals surface area (Å²) < 4.78 is 5.58. The predicted molar refractivity (Wildman–Crippen MR) is 123 cm³/mol. The van der Waals surface area contributed by atoms with E-state index in [0.717, 1.165) is 0 Å². The second-order valence-corrected chi connectivity index (χ2v) is 7.64. The molecule has 1 aliphatic heterocycles. The van der Waals surface area contributed by atoms with Crippen LogP contribution in [0.15, 0.2) is 72.8 Å². The number of ether oxygens (including phenoxy) is 1. The van der Waals surface area contributed by atoms with Crippen LogP contribution in [0, 0.1) is 0 Å². The SMILES string of the molecule is CCOc1cccc(N(CCN2C(=O)c3ccccc3C2=O)C(=O)c2ccc(Cl)cc2)c1. The minimum Gasteiger partial charge on any atom is -0.494 e. The van der Waals surface area contributed by atoms with Gasteiger partial charge in [-0.25, -0.2) is 0 Å². The molecular weight excluding hydrogens is 428 g/mol. The fourth-order valence-corrected chi connectivity index (χ4v) is 3.77. The van der Waals surface area contributed by atoms with Gasteiger partial charge in [-0.3, -0.25) is 19.3 Å². The highest BCUT2D eigenvalue weighted by Gasteiger charge is 2.35. The van der Waals surface area contributed by atoms with Crippen LogP contribution in [0.4, 0.5) is 5.69 Å². The van der Waals surface area contributed by atoms with Gasteiger partial charge in [0.15, 0.2) is 0 Å². The van der Waals surface area contributed by atoms with Crippen molar-refractivity contribution in [2.24, 2.45) is 0 Å². The summed E-state index contributed by atoms with van der Waals surface area (Å²) in [6.07, 6.45) is 0. The van der Waals surface area contributed by atoms with Gasteiger partial charge in [0.2, 0.25) is 0 Å². The first-order chi connectivity index (χ1) is 15.5. The van der Waals surface area contributed by atoms with Gasteiger partial charge in [0, 0.05) is 35.4 Å². The number of carbonyl (C=O) groups excluding carboxylic acids is 3. The van der Waals surface area contributed by atoms with Crippen molar-refractivity contribution in [1.29, 1.82) is 0 Å². The second kappa shape index (κ2) is 9.24. The maximum Gasteiger partial charge on any atom is 0.261 e. The zero-order chi connectivity index (χ0) is 22.7.